The van der Waals surface area contributed by atoms with E-state index in [9.17, 15) is 9.59 Å². The van der Waals surface area contributed by atoms with Gasteiger partial charge in [-0.3, -0.25) is 9.59 Å². The maximum absolute atomic E-state index is 13.2. The maximum atomic E-state index is 13.2. The lowest BCUT2D eigenvalue weighted by atomic mass is 9.89. The number of anilines is 1. The molecule has 2 heterocycles. The van der Waals surface area contributed by atoms with Crippen molar-refractivity contribution < 1.29 is 14.3 Å². The first-order chi connectivity index (χ1) is 12.7. The van der Waals surface area contributed by atoms with Crippen LogP contribution in [0.5, 0.6) is 0 Å². The van der Waals surface area contributed by atoms with Crippen LogP contribution in [0.4, 0.5) is 5.69 Å². The van der Waals surface area contributed by atoms with Crippen molar-refractivity contribution in [3.05, 3.63) is 59.7 Å². The Morgan fingerprint density at radius 3 is 2.73 bits per heavy atom. The van der Waals surface area contributed by atoms with Crippen LogP contribution in [0.25, 0.3) is 0 Å². The van der Waals surface area contributed by atoms with Gasteiger partial charge in [-0.2, -0.15) is 0 Å². The molecule has 5 heteroatoms. The minimum atomic E-state index is -0.288. The number of carbonyl (C=O) groups is 2. The van der Waals surface area contributed by atoms with Crippen LogP contribution in [0.15, 0.2) is 53.4 Å². The van der Waals surface area contributed by atoms with Crippen LogP contribution in [0.1, 0.15) is 30.4 Å². The fourth-order valence-electron chi connectivity index (χ4n) is 3.77. The van der Waals surface area contributed by atoms with Gasteiger partial charge in [0.15, 0.2) is 0 Å². The van der Waals surface area contributed by atoms with E-state index in [0.29, 0.717) is 19.6 Å². The summed E-state index contributed by atoms with van der Waals surface area (Å²) in [5.41, 5.74) is 2.98. The van der Waals surface area contributed by atoms with E-state index in [2.05, 4.69) is 12.1 Å². The van der Waals surface area contributed by atoms with E-state index in [1.54, 1.807) is 11.8 Å². The molecule has 4 rings (SSSR count). The number of hydrogen-bond donors (Lipinski definition) is 0. The molecule has 0 spiro atoms. The third-order valence-electron chi connectivity index (χ3n) is 5.00. The van der Waals surface area contributed by atoms with E-state index in [0.717, 1.165) is 17.7 Å². The Morgan fingerprint density at radius 2 is 1.92 bits per heavy atom. The van der Waals surface area contributed by atoms with Crippen molar-refractivity contribution in [2.75, 3.05) is 18.1 Å². The maximum Gasteiger partial charge on any atom is 0.313 e. The Bertz CT molecular complexity index is 826. The van der Waals surface area contributed by atoms with Crippen molar-refractivity contribution >= 4 is 29.3 Å². The van der Waals surface area contributed by atoms with Gasteiger partial charge in [-0.1, -0.05) is 36.4 Å². The zero-order valence-electron chi connectivity index (χ0n) is 14.7. The average molecular weight is 367 g/mol. The van der Waals surface area contributed by atoms with Crippen molar-refractivity contribution in [1.29, 1.82) is 0 Å². The number of nitrogens with zero attached hydrogens (tertiary/aromatic N) is 1. The summed E-state index contributed by atoms with van der Waals surface area (Å²) in [5, 5.41) is -0.0976. The lowest BCUT2D eigenvalue weighted by Gasteiger charge is -2.34. The first-order valence-electron chi connectivity index (χ1n) is 9.00. The SMILES string of the molecule is CCOC(=O)[C@H]1CCN(C(=O)[C@H]2Cc3ccccc3S2)c2ccccc21. The highest BCUT2D eigenvalue weighted by atomic mass is 32.2. The Morgan fingerprint density at radius 1 is 1.15 bits per heavy atom. The second-order valence-corrected chi connectivity index (χ2v) is 7.80. The molecule has 0 fully saturated rings. The fraction of sp³-hybridized carbons (Fsp3) is 0.333. The van der Waals surface area contributed by atoms with E-state index in [1.165, 1.54) is 10.5 Å². The number of thioether (sulfide) groups is 1. The first kappa shape index (κ1) is 17.2. The summed E-state index contributed by atoms with van der Waals surface area (Å²) in [5.74, 6) is -0.362. The predicted octanol–water partition coefficient (Wildman–Crippen LogP) is 3.79. The van der Waals surface area contributed by atoms with E-state index in [-0.39, 0.29) is 23.0 Å². The molecule has 0 aliphatic carbocycles. The van der Waals surface area contributed by atoms with Crippen LogP contribution in [-0.2, 0) is 20.7 Å². The summed E-state index contributed by atoms with van der Waals surface area (Å²) in [4.78, 5) is 28.6. The number of ether oxygens (including phenoxy) is 1. The van der Waals surface area contributed by atoms with Gasteiger partial charge in [0.25, 0.3) is 0 Å². The van der Waals surface area contributed by atoms with Crippen LogP contribution in [0.3, 0.4) is 0 Å². The van der Waals surface area contributed by atoms with E-state index in [1.807, 2.05) is 48.2 Å². The van der Waals surface area contributed by atoms with Crippen LogP contribution < -0.4 is 4.90 Å². The molecular weight excluding hydrogens is 346 g/mol. The minimum absolute atomic E-state index is 0.0976. The van der Waals surface area contributed by atoms with Crippen molar-refractivity contribution in [2.24, 2.45) is 0 Å². The number of carbonyl (C=O) groups excluding carboxylic acids is 2. The van der Waals surface area contributed by atoms with Gasteiger partial charge in [0, 0.05) is 17.1 Å². The van der Waals surface area contributed by atoms with Gasteiger partial charge in [0.05, 0.1) is 17.8 Å². The standard InChI is InChI=1S/C21H21NO3S/c1-2-25-21(24)16-11-12-22(17-9-5-4-8-15(16)17)20(23)19-13-14-7-3-6-10-18(14)26-19/h3-10,16,19H,2,11-13H2,1H3/t16-,19+/m0/s1. The van der Waals surface area contributed by atoms with Crippen molar-refractivity contribution in [3.63, 3.8) is 0 Å². The Kier molecular flexibility index (Phi) is 4.72. The molecule has 4 nitrogen and oxygen atoms in total. The molecular formula is C21H21NO3S. The van der Waals surface area contributed by atoms with Crippen molar-refractivity contribution in [1.82, 2.24) is 0 Å². The van der Waals surface area contributed by atoms with Crippen LogP contribution >= 0.6 is 11.8 Å². The third kappa shape index (κ3) is 3.01. The molecule has 0 saturated heterocycles. The van der Waals surface area contributed by atoms with Gasteiger partial charge in [0.1, 0.15) is 0 Å². The van der Waals surface area contributed by atoms with E-state index >= 15 is 0 Å². The number of para-hydroxylation sites is 1. The smallest absolute Gasteiger partial charge is 0.313 e. The number of fused-ring (bicyclic) bond motifs is 2. The number of hydrogen-bond acceptors (Lipinski definition) is 4. The molecule has 0 radical (unpaired) electrons. The minimum Gasteiger partial charge on any atom is -0.466 e. The molecule has 0 bridgehead atoms. The molecule has 0 aromatic heterocycles. The molecule has 2 aromatic carbocycles. The second kappa shape index (κ2) is 7.16. The normalized spacial score (nSPS) is 21.0. The number of rotatable bonds is 3. The summed E-state index contributed by atoms with van der Waals surface area (Å²) >= 11 is 1.64. The van der Waals surface area contributed by atoms with Crippen LogP contribution in [0.2, 0.25) is 0 Å². The number of esters is 1. The predicted molar refractivity (Wildman–Crippen MR) is 103 cm³/mol. The topological polar surface area (TPSA) is 46.6 Å². The zero-order chi connectivity index (χ0) is 18.1. The van der Waals surface area contributed by atoms with Gasteiger partial charge in [-0.05, 0) is 43.0 Å². The quantitative estimate of drug-likeness (QED) is 0.775. The fourth-order valence-corrected chi connectivity index (χ4v) is 5.03. The van der Waals surface area contributed by atoms with Crippen LogP contribution in [0, 0.1) is 0 Å². The molecule has 0 saturated carbocycles. The lowest BCUT2D eigenvalue weighted by molar-refractivity contribution is -0.145. The monoisotopic (exact) mass is 367 g/mol. The summed E-state index contributed by atoms with van der Waals surface area (Å²) in [6, 6.07) is 15.9. The van der Waals surface area contributed by atoms with Crippen LogP contribution in [-0.4, -0.2) is 30.3 Å². The average Bonchev–Trinajstić information content (AvgIpc) is 3.11. The summed E-state index contributed by atoms with van der Waals surface area (Å²) < 4.78 is 5.23. The summed E-state index contributed by atoms with van der Waals surface area (Å²) in [6.07, 6.45) is 1.37. The van der Waals surface area contributed by atoms with Gasteiger partial charge in [-0.25, -0.2) is 0 Å². The molecule has 26 heavy (non-hydrogen) atoms. The second-order valence-electron chi connectivity index (χ2n) is 6.56. The molecule has 2 aliphatic rings. The largest absolute Gasteiger partial charge is 0.466 e. The first-order valence-corrected chi connectivity index (χ1v) is 9.88. The highest BCUT2D eigenvalue weighted by Crippen LogP contribution is 2.41. The molecule has 2 atom stereocenters. The number of amides is 1. The summed E-state index contributed by atoms with van der Waals surface area (Å²) in [7, 11) is 0. The Labute approximate surface area is 157 Å². The molecule has 2 aromatic rings. The molecule has 0 N–H and O–H groups in total. The molecule has 0 unspecified atom stereocenters. The Hall–Kier alpha value is -2.27. The third-order valence-corrected chi connectivity index (χ3v) is 6.31. The Balaban J connectivity index is 1.59. The lowest BCUT2D eigenvalue weighted by Crippen LogP contribution is -2.42. The zero-order valence-corrected chi connectivity index (χ0v) is 15.5. The van der Waals surface area contributed by atoms with Gasteiger partial charge in [0.2, 0.25) is 5.91 Å². The van der Waals surface area contributed by atoms with Gasteiger partial charge >= 0.3 is 5.97 Å². The van der Waals surface area contributed by atoms with Gasteiger partial charge < -0.3 is 9.64 Å². The summed E-state index contributed by atoms with van der Waals surface area (Å²) in [6.45, 7) is 2.74. The highest BCUT2D eigenvalue weighted by Gasteiger charge is 2.37. The highest BCUT2D eigenvalue weighted by molar-refractivity contribution is 8.01. The van der Waals surface area contributed by atoms with E-state index < -0.39 is 0 Å². The van der Waals surface area contributed by atoms with E-state index in [4.69, 9.17) is 4.74 Å². The molecule has 134 valence electrons. The van der Waals surface area contributed by atoms with Crippen molar-refractivity contribution in [2.45, 2.75) is 35.8 Å². The van der Waals surface area contributed by atoms with Gasteiger partial charge in [-0.15, -0.1) is 11.8 Å². The number of benzene rings is 2. The molecule has 2 aliphatic heterocycles. The molecule has 1 amide bonds. The van der Waals surface area contributed by atoms with Crippen molar-refractivity contribution in [3.8, 4) is 0 Å².